The summed E-state index contributed by atoms with van der Waals surface area (Å²) in [5.41, 5.74) is 1.70. The van der Waals surface area contributed by atoms with E-state index in [0.29, 0.717) is 6.54 Å². The molecule has 1 N–H and O–H groups in total. The highest BCUT2D eigenvalue weighted by molar-refractivity contribution is 14.1. The van der Waals surface area contributed by atoms with E-state index in [4.69, 9.17) is 0 Å². The van der Waals surface area contributed by atoms with Crippen molar-refractivity contribution in [3.8, 4) is 0 Å². The highest BCUT2D eigenvalue weighted by atomic mass is 127. The minimum absolute atomic E-state index is 0.0504. The molecule has 0 unspecified atom stereocenters. The van der Waals surface area contributed by atoms with E-state index >= 15 is 0 Å². The van der Waals surface area contributed by atoms with Crippen molar-refractivity contribution in [3.63, 3.8) is 0 Å². The highest BCUT2D eigenvalue weighted by Crippen LogP contribution is 2.18. The number of carbonyl (C=O) groups excluding carboxylic acids is 1. The number of anilines is 1. The number of benzene rings is 2. The number of halogens is 2. The van der Waals surface area contributed by atoms with Crippen LogP contribution in [0.15, 0.2) is 42.5 Å². The Labute approximate surface area is 130 Å². The molecule has 0 bridgehead atoms. The fourth-order valence-corrected chi connectivity index (χ4v) is 2.32. The normalized spacial score (nSPS) is 10.2. The molecule has 0 saturated heterocycles. The zero-order valence-corrected chi connectivity index (χ0v) is 13.0. The molecule has 0 aromatic heterocycles. The van der Waals surface area contributed by atoms with Gasteiger partial charge in [-0.3, -0.25) is 0 Å². The summed E-state index contributed by atoms with van der Waals surface area (Å²) in [6.07, 6.45) is 0. The molecular formula is C15H13FINO2. The molecule has 104 valence electrons. The van der Waals surface area contributed by atoms with Gasteiger partial charge in [0, 0.05) is 15.8 Å². The zero-order chi connectivity index (χ0) is 14.5. The first-order valence-corrected chi connectivity index (χ1v) is 7.05. The molecule has 0 spiro atoms. The van der Waals surface area contributed by atoms with Crippen molar-refractivity contribution < 1.29 is 13.9 Å². The van der Waals surface area contributed by atoms with Gasteiger partial charge >= 0.3 is 5.97 Å². The van der Waals surface area contributed by atoms with Crippen molar-refractivity contribution in [1.29, 1.82) is 0 Å². The number of hydrogen-bond donors (Lipinski definition) is 1. The minimum atomic E-state index is -0.667. The van der Waals surface area contributed by atoms with Gasteiger partial charge in [-0.2, -0.15) is 0 Å². The Kier molecular flexibility index (Phi) is 4.94. The molecule has 0 fully saturated rings. The van der Waals surface area contributed by atoms with E-state index in [2.05, 4.69) is 32.6 Å². The fourth-order valence-electron chi connectivity index (χ4n) is 1.75. The highest BCUT2D eigenvalue weighted by Gasteiger charge is 2.12. The standard InChI is InChI=1S/C15H13FINO2/c1-20-15(19)11-7-6-10(8-12(11)16)9-18-14-5-3-2-4-13(14)17/h2-8,18H,9H2,1H3. The lowest BCUT2D eigenvalue weighted by Crippen LogP contribution is -2.06. The number of hydrogen-bond acceptors (Lipinski definition) is 3. The summed E-state index contributed by atoms with van der Waals surface area (Å²) in [5, 5.41) is 3.23. The van der Waals surface area contributed by atoms with Crippen LogP contribution in [0.4, 0.5) is 10.1 Å². The molecule has 0 aliphatic carbocycles. The van der Waals surface area contributed by atoms with Crippen LogP contribution in [0.25, 0.3) is 0 Å². The third kappa shape index (κ3) is 3.47. The maximum Gasteiger partial charge on any atom is 0.340 e. The first-order chi connectivity index (χ1) is 9.61. The number of rotatable bonds is 4. The monoisotopic (exact) mass is 385 g/mol. The van der Waals surface area contributed by atoms with Crippen LogP contribution in [0.3, 0.4) is 0 Å². The Bertz CT molecular complexity index is 631. The van der Waals surface area contributed by atoms with Crippen LogP contribution < -0.4 is 5.32 Å². The lowest BCUT2D eigenvalue weighted by Gasteiger charge is -2.09. The Morgan fingerprint density at radius 3 is 2.70 bits per heavy atom. The largest absolute Gasteiger partial charge is 0.465 e. The van der Waals surface area contributed by atoms with Gasteiger partial charge in [0.1, 0.15) is 5.82 Å². The van der Waals surface area contributed by atoms with E-state index < -0.39 is 11.8 Å². The topological polar surface area (TPSA) is 38.3 Å². The summed E-state index contributed by atoms with van der Waals surface area (Å²) < 4.78 is 19.4. The van der Waals surface area contributed by atoms with Crippen molar-refractivity contribution in [2.45, 2.75) is 6.54 Å². The average molecular weight is 385 g/mol. The smallest absolute Gasteiger partial charge is 0.340 e. The van der Waals surface area contributed by atoms with Gasteiger partial charge in [-0.15, -0.1) is 0 Å². The Morgan fingerprint density at radius 1 is 1.30 bits per heavy atom. The van der Waals surface area contributed by atoms with Crippen LogP contribution in [-0.4, -0.2) is 13.1 Å². The van der Waals surface area contributed by atoms with E-state index in [1.807, 2.05) is 24.3 Å². The van der Waals surface area contributed by atoms with Gasteiger partial charge in [0.2, 0.25) is 0 Å². The molecule has 0 radical (unpaired) electrons. The van der Waals surface area contributed by atoms with E-state index in [9.17, 15) is 9.18 Å². The van der Waals surface area contributed by atoms with Crippen molar-refractivity contribution in [3.05, 3.63) is 63.0 Å². The number of esters is 1. The van der Waals surface area contributed by atoms with E-state index in [1.165, 1.54) is 19.2 Å². The van der Waals surface area contributed by atoms with Gasteiger partial charge in [-0.05, 0) is 52.4 Å². The molecule has 20 heavy (non-hydrogen) atoms. The Balaban J connectivity index is 2.10. The summed E-state index contributed by atoms with van der Waals surface area (Å²) in [7, 11) is 1.23. The van der Waals surface area contributed by atoms with Crippen molar-refractivity contribution in [1.82, 2.24) is 0 Å². The summed E-state index contributed by atoms with van der Waals surface area (Å²) >= 11 is 2.23. The molecule has 3 nitrogen and oxygen atoms in total. The second-order valence-electron chi connectivity index (χ2n) is 4.14. The predicted octanol–water partition coefficient (Wildman–Crippen LogP) is 3.83. The molecule has 0 aliphatic heterocycles. The third-order valence-corrected chi connectivity index (χ3v) is 3.74. The summed E-state index contributed by atoms with van der Waals surface area (Å²) in [4.78, 5) is 11.3. The molecule has 0 heterocycles. The maximum absolute atomic E-state index is 13.8. The fraction of sp³-hybridized carbons (Fsp3) is 0.133. The maximum atomic E-state index is 13.8. The van der Waals surface area contributed by atoms with Gasteiger partial charge in [-0.1, -0.05) is 18.2 Å². The van der Waals surface area contributed by atoms with E-state index in [0.717, 1.165) is 14.8 Å². The van der Waals surface area contributed by atoms with Crippen molar-refractivity contribution in [2.75, 3.05) is 12.4 Å². The Morgan fingerprint density at radius 2 is 2.05 bits per heavy atom. The van der Waals surface area contributed by atoms with Gasteiger partial charge in [0.15, 0.2) is 0 Å². The van der Waals surface area contributed by atoms with Gasteiger partial charge in [0.05, 0.1) is 12.7 Å². The van der Waals surface area contributed by atoms with Crippen LogP contribution in [0.5, 0.6) is 0 Å². The van der Waals surface area contributed by atoms with E-state index in [1.54, 1.807) is 6.07 Å². The third-order valence-electron chi connectivity index (χ3n) is 2.80. The molecule has 5 heteroatoms. The Hall–Kier alpha value is -1.63. The van der Waals surface area contributed by atoms with Gasteiger partial charge in [0.25, 0.3) is 0 Å². The number of nitrogens with one attached hydrogen (secondary N) is 1. The SMILES string of the molecule is COC(=O)c1ccc(CNc2ccccc2I)cc1F. The molecule has 0 aliphatic rings. The molecule has 0 atom stereocenters. The number of carbonyl (C=O) groups is 1. The molecule has 0 saturated carbocycles. The summed E-state index contributed by atoms with van der Waals surface area (Å²) in [5.74, 6) is -1.24. The summed E-state index contributed by atoms with van der Waals surface area (Å²) in [6.45, 7) is 0.485. The van der Waals surface area contributed by atoms with Gasteiger partial charge < -0.3 is 10.1 Å². The first kappa shape index (κ1) is 14.8. The van der Waals surface area contributed by atoms with Crippen LogP contribution in [0, 0.1) is 9.39 Å². The van der Waals surface area contributed by atoms with Crippen LogP contribution in [0.2, 0.25) is 0 Å². The van der Waals surface area contributed by atoms with Crippen LogP contribution in [0.1, 0.15) is 15.9 Å². The quantitative estimate of drug-likeness (QED) is 0.642. The van der Waals surface area contributed by atoms with Crippen LogP contribution in [-0.2, 0) is 11.3 Å². The second-order valence-corrected chi connectivity index (χ2v) is 5.30. The van der Waals surface area contributed by atoms with Crippen LogP contribution >= 0.6 is 22.6 Å². The summed E-state index contributed by atoms with van der Waals surface area (Å²) in [6, 6.07) is 12.3. The number of ether oxygens (including phenoxy) is 1. The molecule has 2 aromatic carbocycles. The second kappa shape index (κ2) is 6.69. The van der Waals surface area contributed by atoms with Crippen molar-refractivity contribution >= 4 is 34.2 Å². The minimum Gasteiger partial charge on any atom is -0.465 e. The number of para-hydroxylation sites is 1. The molecule has 2 aromatic rings. The van der Waals surface area contributed by atoms with Crippen molar-refractivity contribution in [2.24, 2.45) is 0 Å². The lowest BCUT2D eigenvalue weighted by atomic mass is 10.1. The molecule has 0 amide bonds. The number of methoxy groups -OCH3 is 1. The average Bonchev–Trinajstić information content (AvgIpc) is 2.46. The zero-order valence-electron chi connectivity index (χ0n) is 10.8. The lowest BCUT2D eigenvalue weighted by molar-refractivity contribution is 0.0595. The first-order valence-electron chi connectivity index (χ1n) is 5.97. The van der Waals surface area contributed by atoms with E-state index in [-0.39, 0.29) is 5.56 Å². The molecule has 2 rings (SSSR count). The van der Waals surface area contributed by atoms with Gasteiger partial charge in [-0.25, -0.2) is 9.18 Å². The molecular weight excluding hydrogens is 372 g/mol. The predicted molar refractivity (Wildman–Crippen MR) is 84.2 cm³/mol.